The summed E-state index contributed by atoms with van der Waals surface area (Å²) >= 11 is 0. The lowest BCUT2D eigenvalue weighted by atomic mass is 10.1. The number of benzene rings is 1. The third kappa shape index (κ3) is 2.85. The van der Waals surface area contributed by atoms with Gasteiger partial charge in [0.05, 0.1) is 0 Å². The third-order valence-electron chi connectivity index (χ3n) is 2.66. The first kappa shape index (κ1) is 12.1. The summed E-state index contributed by atoms with van der Waals surface area (Å²) in [6, 6.07) is 11.0. The Balaban J connectivity index is 2.11. The summed E-state index contributed by atoms with van der Waals surface area (Å²) in [4.78, 5) is 15.8. The number of carbonyl (C=O) groups is 1. The summed E-state index contributed by atoms with van der Waals surface area (Å²) in [5.74, 6) is 0.150. The Bertz CT molecular complexity index is 549. The Morgan fingerprint density at radius 2 is 2.00 bits per heavy atom. The van der Waals surface area contributed by atoms with E-state index in [4.69, 9.17) is 5.73 Å². The van der Waals surface area contributed by atoms with Gasteiger partial charge in [-0.05, 0) is 36.2 Å². The molecule has 1 aromatic carbocycles. The Kier molecular flexibility index (Phi) is 3.57. The molecule has 0 unspecified atom stereocenters. The molecule has 0 bridgehead atoms. The lowest BCUT2D eigenvalue weighted by molar-refractivity contribution is 0.102. The number of amides is 1. The Labute approximate surface area is 106 Å². The number of carbonyl (C=O) groups excluding carboxylic acids is 1. The molecule has 18 heavy (non-hydrogen) atoms. The van der Waals surface area contributed by atoms with Gasteiger partial charge >= 0.3 is 0 Å². The summed E-state index contributed by atoms with van der Waals surface area (Å²) in [6.45, 7) is 2.09. The van der Waals surface area contributed by atoms with E-state index in [2.05, 4.69) is 17.2 Å². The highest BCUT2D eigenvalue weighted by molar-refractivity contribution is 6.04. The van der Waals surface area contributed by atoms with Crippen molar-refractivity contribution in [3.8, 4) is 0 Å². The van der Waals surface area contributed by atoms with Crippen molar-refractivity contribution in [1.82, 2.24) is 4.98 Å². The molecule has 0 saturated heterocycles. The van der Waals surface area contributed by atoms with Gasteiger partial charge in [-0.1, -0.05) is 19.1 Å². The standard InChI is InChI=1S/C14H15N3O/c1-2-10-3-5-12(6-4-10)17-14(18)11-7-8-16-13(15)9-11/h3-9H,2H2,1H3,(H2,15,16)(H,17,18). The molecule has 2 rings (SSSR count). The van der Waals surface area contributed by atoms with Crippen molar-refractivity contribution in [3.63, 3.8) is 0 Å². The van der Waals surface area contributed by atoms with E-state index in [9.17, 15) is 4.79 Å². The normalized spacial score (nSPS) is 10.1. The predicted octanol–water partition coefficient (Wildman–Crippen LogP) is 2.48. The van der Waals surface area contributed by atoms with E-state index < -0.39 is 0 Å². The smallest absolute Gasteiger partial charge is 0.255 e. The number of aromatic nitrogens is 1. The first-order chi connectivity index (χ1) is 8.69. The number of rotatable bonds is 3. The Hall–Kier alpha value is -2.36. The van der Waals surface area contributed by atoms with Gasteiger partial charge in [-0.3, -0.25) is 4.79 Å². The van der Waals surface area contributed by atoms with Gasteiger partial charge in [-0.25, -0.2) is 4.98 Å². The molecule has 0 aliphatic carbocycles. The van der Waals surface area contributed by atoms with Gasteiger partial charge in [0, 0.05) is 17.4 Å². The van der Waals surface area contributed by atoms with Crippen LogP contribution in [0.5, 0.6) is 0 Å². The zero-order chi connectivity index (χ0) is 13.0. The number of nitrogens with one attached hydrogen (secondary N) is 1. The Morgan fingerprint density at radius 3 is 2.61 bits per heavy atom. The number of hydrogen-bond donors (Lipinski definition) is 2. The van der Waals surface area contributed by atoms with Gasteiger partial charge in [0.25, 0.3) is 5.91 Å². The van der Waals surface area contributed by atoms with Crippen LogP contribution in [0.4, 0.5) is 11.5 Å². The number of nitrogens with two attached hydrogens (primary N) is 1. The number of pyridine rings is 1. The van der Waals surface area contributed by atoms with Crippen LogP contribution in [-0.4, -0.2) is 10.9 Å². The van der Waals surface area contributed by atoms with Gasteiger partial charge < -0.3 is 11.1 Å². The quantitative estimate of drug-likeness (QED) is 0.867. The molecule has 0 fully saturated rings. The molecule has 92 valence electrons. The molecule has 2 aromatic rings. The van der Waals surface area contributed by atoms with Crippen molar-refractivity contribution in [2.45, 2.75) is 13.3 Å². The number of anilines is 2. The van der Waals surface area contributed by atoms with E-state index in [0.717, 1.165) is 12.1 Å². The van der Waals surface area contributed by atoms with Crippen LogP contribution >= 0.6 is 0 Å². The lowest BCUT2D eigenvalue weighted by Gasteiger charge is -2.06. The number of nitrogens with zero attached hydrogens (tertiary/aromatic N) is 1. The second-order valence-electron chi connectivity index (χ2n) is 3.97. The van der Waals surface area contributed by atoms with E-state index in [1.807, 2.05) is 24.3 Å². The molecular formula is C14H15N3O. The van der Waals surface area contributed by atoms with Crippen molar-refractivity contribution in [1.29, 1.82) is 0 Å². The van der Waals surface area contributed by atoms with Crippen LogP contribution in [0.15, 0.2) is 42.6 Å². The largest absolute Gasteiger partial charge is 0.384 e. The van der Waals surface area contributed by atoms with Gasteiger partial charge in [-0.15, -0.1) is 0 Å². The molecule has 0 saturated carbocycles. The highest BCUT2D eigenvalue weighted by atomic mass is 16.1. The monoisotopic (exact) mass is 241 g/mol. The second kappa shape index (κ2) is 5.31. The van der Waals surface area contributed by atoms with E-state index in [-0.39, 0.29) is 5.91 Å². The molecule has 1 aromatic heterocycles. The summed E-state index contributed by atoms with van der Waals surface area (Å²) in [6.07, 6.45) is 2.50. The number of hydrogen-bond acceptors (Lipinski definition) is 3. The van der Waals surface area contributed by atoms with Gasteiger partial charge in [-0.2, -0.15) is 0 Å². The topological polar surface area (TPSA) is 68.0 Å². The average molecular weight is 241 g/mol. The molecule has 4 nitrogen and oxygen atoms in total. The van der Waals surface area contributed by atoms with Gasteiger partial charge in [0.1, 0.15) is 5.82 Å². The van der Waals surface area contributed by atoms with Crippen LogP contribution in [0.1, 0.15) is 22.8 Å². The first-order valence-corrected chi connectivity index (χ1v) is 5.81. The summed E-state index contributed by atoms with van der Waals surface area (Å²) < 4.78 is 0. The zero-order valence-electron chi connectivity index (χ0n) is 10.2. The first-order valence-electron chi connectivity index (χ1n) is 5.81. The molecule has 1 heterocycles. The zero-order valence-corrected chi connectivity index (χ0v) is 10.2. The lowest BCUT2D eigenvalue weighted by Crippen LogP contribution is -2.12. The molecule has 1 amide bonds. The van der Waals surface area contributed by atoms with Crippen LogP contribution in [0, 0.1) is 0 Å². The SMILES string of the molecule is CCc1ccc(NC(=O)c2ccnc(N)c2)cc1. The van der Waals surface area contributed by atoms with E-state index in [1.165, 1.54) is 11.8 Å². The van der Waals surface area contributed by atoms with Crippen LogP contribution in [0.2, 0.25) is 0 Å². The van der Waals surface area contributed by atoms with E-state index >= 15 is 0 Å². The average Bonchev–Trinajstić information content (AvgIpc) is 2.39. The maximum Gasteiger partial charge on any atom is 0.255 e. The summed E-state index contributed by atoms with van der Waals surface area (Å²) in [5.41, 5.74) is 8.05. The van der Waals surface area contributed by atoms with Crippen molar-refractivity contribution < 1.29 is 4.79 Å². The molecule has 0 spiro atoms. The fourth-order valence-electron chi connectivity index (χ4n) is 1.62. The molecule has 3 N–H and O–H groups in total. The molecule has 4 heteroatoms. The summed E-state index contributed by atoms with van der Waals surface area (Å²) in [7, 11) is 0. The van der Waals surface area contributed by atoms with Crippen LogP contribution in [0.3, 0.4) is 0 Å². The highest BCUT2D eigenvalue weighted by Gasteiger charge is 2.06. The van der Waals surface area contributed by atoms with Crippen LogP contribution in [0.25, 0.3) is 0 Å². The van der Waals surface area contributed by atoms with Crippen molar-refractivity contribution in [2.24, 2.45) is 0 Å². The van der Waals surface area contributed by atoms with E-state index in [1.54, 1.807) is 12.1 Å². The minimum absolute atomic E-state index is 0.187. The molecule has 0 atom stereocenters. The van der Waals surface area contributed by atoms with Crippen molar-refractivity contribution in [3.05, 3.63) is 53.7 Å². The predicted molar refractivity (Wildman–Crippen MR) is 72.4 cm³/mol. The van der Waals surface area contributed by atoms with Crippen LogP contribution in [-0.2, 0) is 6.42 Å². The number of aryl methyl sites for hydroxylation is 1. The fraction of sp³-hybridized carbons (Fsp3) is 0.143. The molecule has 0 aliphatic heterocycles. The molecule has 0 aliphatic rings. The maximum atomic E-state index is 11.9. The maximum absolute atomic E-state index is 11.9. The van der Waals surface area contributed by atoms with Gasteiger partial charge in [0.2, 0.25) is 0 Å². The molecular weight excluding hydrogens is 226 g/mol. The fourth-order valence-corrected chi connectivity index (χ4v) is 1.62. The summed E-state index contributed by atoms with van der Waals surface area (Å²) in [5, 5.41) is 2.81. The van der Waals surface area contributed by atoms with Crippen molar-refractivity contribution >= 4 is 17.4 Å². The minimum Gasteiger partial charge on any atom is -0.384 e. The van der Waals surface area contributed by atoms with E-state index in [0.29, 0.717) is 11.4 Å². The van der Waals surface area contributed by atoms with Crippen LogP contribution < -0.4 is 11.1 Å². The second-order valence-corrected chi connectivity index (χ2v) is 3.97. The van der Waals surface area contributed by atoms with Crippen molar-refractivity contribution in [2.75, 3.05) is 11.1 Å². The third-order valence-corrected chi connectivity index (χ3v) is 2.66. The highest BCUT2D eigenvalue weighted by Crippen LogP contribution is 2.12. The van der Waals surface area contributed by atoms with Gasteiger partial charge in [0.15, 0.2) is 0 Å². The Morgan fingerprint density at radius 1 is 1.28 bits per heavy atom. The molecule has 0 radical (unpaired) electrons. The number of nitrogen functional groups attached to an aromatic ring is 1. The minimum atomic E-state index is -0.187.